The maximum absolute atomic E-state index is 9.96. The van der Waals surface area contributed by atoms with Crippen molar-refractivity contribution in [3.63, 3.8) is 0 Å². The molecule has 0 amide bonds. The zero-order valence-corrected chi connectivity index (χ0v) is 18.0. The van der Waals surface area contributed by atoms with Crippen molar-refractivity contribution in [2.45, 2.75) is 86.5 Å². The van der Waals surface area contributed by atoms with Gasteiger partial charge in [0.2, 0.25) is 0 Å². The van der Waals surface area contributed by atoms with Gasteiger partial charge in [0, 0.05) is 12.7 Å². The Labute approximate surface area is 138 Å². The summed E-state index contributed by atoms with van der Waals surface area (Å²) >= 11 is 0.327. The van der Waals surface area contributed by atoms with Crippen LogP contribution in [-0.4, -0.2) is 31.5 Å². The van der Waals surface area contributed by atoms with E-state index in [2.05, 4.69) is 25.0 Å². The Morgan fingerprint density at radius 3 is 1.50 bits per heavy atom. The van der Waals surface area contributed by atoms with Gasteiger partial charge in [-0.25, -0.2) is 0 Å². The fraction of sp³-hybridized carbons (Fsp3) is 0.938. The molecule has 0 heterocycles. The van der Waals surface area contributed by atoms with E-state index in [-0.39, 0.29) is 5.97 Å². The summed E-state index contributed by atoms with van der Waals surface area (Å²) < 4.78 is 9.51. The second-order valence-electron chi connectivity index (χ2n) is 5.04. The minimum atomic E-state index is -0.839. The van der Waals surface area contributed by atoms with Crippen molar-refractivity contribution < 1.29 is 8.98 Å². The van der Waals surface area contributed by atoms with Gasteiger partial charge >= 0.3 is 98.3 Å². The molecule has 0 aliphatic heterocycles. The Morgan fingerprint density at radius 2 is 1.30 bits per heavy atom. The molecule has 20 heavy (non-hydrogen) atoms. The maximum atomic E-state index is 9.96. The van der Waals surface area contributed by atoms with Crippen molar-refractivity contribution in [3.05, 3.63) is 0 Å². The summed E-state index contributed by atoms with van der Waals surface area (Å²) in [7, 11) is 0. The Morgan fingerprint density at radius 1 is 0.900 bits per heavy atom. The first-order valence-corrected chi connectivity index (χ1v) is 15.2. The minimum absolute atomic E-state index is 0.230. The number of hydrogen-bond donors (Lipinski definition) is 0. The van der Waals surface area contributed by atoms with Crippen molar-refractivity contribution in [1.82, 2.24) is 0 Å². The Bertz CT molecular complexity index is 182. The maximum Gasteiger partial charge on any atom is 0.314 e. The summed E-state index contributed by atoms with van der Waals surface area (Å²) in [5.74, 6) is 0.589. The van der Waals surface area contributed by atoms with Crippen molar-refractivity contribution in [2.75, 3.05) is 5.75 Å². The van der Waals surface area contributed by atoms with Gasteiger partial charge in [0.25, 0.3) is 0 Å². The zero-order chi connectivity index (χ0) is 15.6. The van der Waals surface area contributed by atoms with Gasteiger partial charge in [-0.1, -0.05) is 6.92 Å². The molecule has 120 valence electrons. The number of unbranched alkanes of at least 4 members (excludes halogenated alkanes) is 3. The van der Waals surface area contributed by atoms with Gasteiger partial charge in [-0.15, -0.1) is 0 Å². The van der Waals surface area contributed by atoms with Crippen LogP contribution in [0.15, 0.2) is 0 Å². The quantitative estimate of drug-likeness (QED) is 0.304. The summed E-state index contributed by atoms with van der Waals surface area (Å²) in [6.07, 6.45) is 8.85. The Balaban J connectivity index is 0. The number of hydrogen-bond acceptors (Lipinski definition) is 3. The van der Waals surface area contributed by atoms with Crippen LogP contribution in [0.5, 0.6) is 0 Å². The third kappa shape index (κ3) is 20.9. The molecule has 0 fully saturated rings. The van der Waals surface area contributed by atoms with E-state index in [4.69, 9.17) is 0 Å². The molecule has 0 saturated heterocycles. The molecule has 0 aromatic carbocycles. The normalized spacial score (nSPS) is 9.65. The molecule has 0 aromatic rings. The molecule has 0 aliphatic carbocycles. The predicted octanol–water partition coefficient (Wildman–Crippen LogP) is 6.10. The third-order valence-electron chi connectivity index (χ3n) is 2.95. The molecule has 0 aromatic heterocycles. The van der Waals surface area contributed by atoms with Crippen LogP contribution in [0.2, 0.25) is 13.3 Å². The van der Waals surface area contributed by atoms with E-state index in [0.717, 1.165) is 5.75 Å². The average Bonchev–Trinajstić information content (AvgIpc) is 2.45. The molecule has 0 unspecified atom stereocenters. The third-order valence-corrected chi connectivity index (χ3v) is 12.6. The predicted molar refractivity (Wildman–Crippen MR) is 94.8 cm³/mol. The van der Waals surface area contributed by atoms with Crippen LogP contribution in [0.25, 0.3) is 0 Å². The Kier molecular flexibility index (Phi) is 22.5. The van der Waals surface area contributed by atoms with E-state index in [1.54, 1.807) is 13.3 Å². The molecular weight excluding hydrogens is 375 g/mol. The number of carbonyl (C=O) groups excluding carboxylic acids is 1. The SMILES string of the molecule is CCC[CH2][Sn+]([CH2]CCC)[CH2]CCC.CCSOC(C)=O. The van der Waals surface area contributed by atoms with Crippen molar-refractivity contribution in [3.8, 4) is 0 Å². The molecule has 0 rings (SSSR count). The van der Waals surface area contributed by atoms with Gasteiger partial charge in [-0.2, -0.15) is 0 Å². The molecule has 0 saturated carbocycles. The fourth-order valence-electron chi connectivity index (χ4n) is 1.80. The van der Waals surface area contributed by atoms with Gasteiger partial charge in [0.15, 0.2) is 0 Å². The summed E-state index contributed by atoms with van der Waals surface area (Å²) in [6.45, 7) is 10.3. The molecule has 0 atom stereocenters. The topological polar surface area (TPSA) is 26.3 Å². The van der Waals surface area contributed by atoms with Crippen LogP contribution in [0.4, 0.5) is 0 Å². The molecule has 4 heteroatoms. The van der Waals surface area contributed by atoms with Gasteiger partial charge < -0.3 is 4.18 Å². The van der Waals surface area contributed by atoms with Crippen LogP contribution in [0.1, 0.15) is 73.1 Å². The van der Waals surface area contributed by atoms with E-state index >= 15 is 0 Å². The van der Waals surface area contributed by atoms with Crippen molar-refractivity contribution >= 4 is 37.8 Å². The first kappa shape index (κ1) is 22.9. The molecule has 0 aliphatic rings. The number of rotatable bonds is 11. The summed E-state index contributed by atoms with van der Waals surface area (Å²) in [5, 5.41) is 0. The first-order chi connectivity index (χ1) is 9.62. The Hall–Kier alpha value is 0.619. The van der Waals surface area contributed by atoms with E-state index in [1.165, 1.54) is 57.5 Å². The minimum Gasteiger partial charge on any atom is -0.392 e. The van der Waals surface area contributed by atoms with E-state index in [0.29, 0.717) is 0 Å². The van der Waals surface area contributed by atoms with Gasteiger partial charge in [-0.3, -0.25) is 4.79 Å². The van der Waals surface area contributed by atoms with Crippen LogP contribution in [0, 0.1) is 0 Å². The van der Waals surface area contributed by atoms with Gasteiger partial charge in [0.05, 0.1) is 12.0 Å². The summed E-state index contributed by atoms with van der Waals surface area (Å²) in [4.78, 5) is 9.96. The van der Waals surface area contributed by atoms with Crippen LogP contribution in [0.3, 0.4) is 0 Å². The van der Waals surface area contributed by atoms with Crippen molar-refractivity contribution in [1.29, 1.82) is 0 Å². The number of carbonyl (C=O) groups is 1. The fourth-order valence-corrected chi connectivity index (χ4v) is 11.5. The molecular formula is C16H35O2SSn+. The molecule has 0 N–H and O–H groups in total. The monoisotopic (exact) mass is 411 g/mol. The molecule has 2 nitrogen and oxygen atoms in total. The van der Waals surface area contributed by atoms with E-state index in [9.17, 15) is 4.79 Å². The van der Waals surface area contributed by atoms with Crippen LogP contribution < -0.4 is 0 Å². The van der Waals surface area contributed by atoms with Crippen molar-refractivity contribution in [2.24, 2.45) is 0 Å². The smallest absolute Gasteiger partial charge is 0.314 e. The largest absolute Gasteiger partial charge is 0.392 e. The van der Waals surface area contributed by atoms with Gasteiger partial charge in [0.1, 0.15) is 0 Å². The summed E-state index contributed by atoms with van der Waals surface area (Å²) in [6, 6.07) is 0. The van der Waals surface area contributed by atoms with Gasteiger partial charge in [-0.05, 0) is 0 Å². The zero-order valence-electron chi connectivity index (χ0n) is 14.3. The molecule has 0 radical (unpaired) electrons. The average molecular weight is 410 g/mol. The standard InChI is InChI=1S/C4H8O2S.3C4H9.Sn/c1-3-7-6-4(2)5;3*1-3-4-2;/h3H2,1-2H3;3*1,3-4H2,2H3;/q;;;;+1. The van der Waals surface area contributed by atoms with E-state index in [1.807, 2.05) is 6.92 Å². The second kappa shape index (κ2) is 19.6. The molecule has 0 bridgehead atoms. The molecule has 0 spiro atoms. The van der Waals surface area contributed by atoms with E-state index < -0.39 is 19.8 Å². The van der Waals surface area contributed by atoms with Crippen LogP contribution >= 0.6 is 12.0 Å². The summed E-state index contributed by atoms with van der Waals surface area (Å²) in [5.41, 5.74) is 0. The second-order valence-corrected chi connectivity index (χ2v) is 14.6. The first-order valence-electron chi connectivity index (χ1n) is 8.25. The van der Waals surface area contributed by atoms with Crippen LogP contribution in [-0.2, 0) is 8.98 Å².